The zero-order chi connectivity index (χ0) is 10.3. The molecule has 13 heavy (non-hydrogen) atoms. The Morgan fingerprint density at radius 1 is 1.38 bits per heavy atom. The van der Waals surface area contributed by atoms with Crippen molar-refractivity contribution in [1.82, 2.24) is 5.48 Å². The third-order valence-corrected chi connectivity index (χ3v) is 1.75. The van der Waals surface area contributed by atoms with Crippen molar-refractivity contribution in [1.29, 1.82) is 0 Å². The third-order valence-electron chi connectivity index (χ3n) is 1.03. The van der Waals surface area contributed by atoms with E-state index in [4.69, 9.17) is 4.74 Å². The van der Waals surface area contributed by atoms with Crippen molar-refractivity contribution in [2.45, 2.75) is 20.0 Å². The Balaban J connectivity index is 3.59. The van der Waals surface area contributed by atoms with Gasteiger partial charge in [0.1, 0.15) is 6.10 Å². The third kappa shape index (κ3) is 7.73. The molecule has 0 spiro atoms. The van der Waals surface area contributed by atoms with Gasteiger partial charge in [0.2, 0.25) is 0 Å². The Hall–Kier alpha value is -0.620. The number of hydroxylamine groups is 1. The topological polar surface area (TPSA) is 64.6 Å². The number of carbonyl (C=O) groups is 2. The summed E-state index contributed by atoms with van der Waals surface area (Å²) in [5, 5.41) is 0.487. The first-order chi connectivity index (χ1) is 6.06. The van der Waals surface area contributed by atoms with Crippen LogP contribution < -0.4 is 5.48 Å². The van der Waals surface area contributed by atoms with E-state index in [2.05, 4.69) is 26.2 Å². The maximum absolute atomic E-state index is 10.5. The average molecular weight is 254 g/mol. The van der Waals surface area contributed by atoms with Gasteiger partial charge in [0.25, 0.3) is 0 Å². The van der Waals surface area contributed by atoms with E-state index in [1.807, 2.05) is 0 Å². The van der Waals surface area contributed by atoms with Gasteiger partial charge in [-0.25, -0.2) is 0 Å². The molecule has 76 valence electrons. The second-order valence-electron chi connectivity index (χ2n) is 2.33. The zero-order valence-electron chi connectivity index (χ0n) is 7.50. The number of hydrogen-bond donors (Lipinski definition) is 1. The van der Waals surface area contributed by atoms with E-state index in [9.17, 15) is 9.59 Å². The monoisotopic (exact) mass is 253 g/mol. The van der Waals surface area contributed by atoms with Crippen molar-refractivity contribution in [2.75, 3.05) is 11.9 Å². The van der Waals surface area contributed by atoms with Gasteiger partial charge in [-0.05, 0) is 0 Å². The Kier molecular flexibility index (Phi) is 6.52. The minimum absolute atomic E-state index is 0.268. The van der Waals surface area contributed by atoms with Crippen LogP contribution in [-0.2, 0) is 19.2 Å². The van der Waals surface area contributed by atoms with E-state index in [-0.39, 0.29) is 18.6 Å². The van der Waals surface area contributed by atoms with Crippen molar-refractivity contribution < 1.29 is 19.2 Å². The first-order valence-electron chi connectivity index (χ1n) is 3.69. The summed E-state index contributed by atoms with van der Waals surface area (Å²) in [7, 11) is 0. The summed E-state index contributed by atoms with van der Waals surface area (Å²) in [4.78, 5) is 25.3. The largest absolute Gasteiger partial charge is 0.460 e. The highest BCUT2D eigenvalue weighted by atomic mass is 79.9. The van der Waals surface area contributed by atoms with Crippen molar-refractivity contribution in [2.24, 2.45) is 0 Å². The molecule has 0 saturated heterocycles. The number of alkyl halides is 1. The Bertz CT molecular complexity index is 185. The van der Waals surface area contributed by atoms with Crippen LogP contribution >= 0.6 is 15.9 Å². The number of ether oxygens (including phenoxy) is 1. The summed E-state index contributed by atoms with van der Waals surface area (Å²) in [6.45, 7) is 2.87. The Labute approximate surface area is 84.9 Å². The van der Waals surface area contributed by atoms with Gasteiger partial charge in [0.05, 0.1) is 6.54 Å². The van der Waals surface area contributed by atoms with Gasteiger partial charge in [-0.1, -0.05) is 15.9 Å². The van der Waals surface area contributed by atoms with Gasteiger partial charge in [-0.3, -0.25) is 9.59 Å². The smallest absolute Gasteiger partial charge is 0.321 e. The quantitative estimate of drug-likeness (QED) is 0.436. The second-order valence-corrected chi connectivity index (χ2v) is 2.98. The number of halogens is 1. The van der Waals surface area contributed by atoms with E-state index in [1.165, 1.54) is 13.8 Å². The molecule has 0 unspecified atom stereocenters. The SMILES string of the molecule is CC(=O)ONC[C@@H](CBr)OC(C)=O. The lowest BCUT2D eigenvalue weighted by atomic mass is 10.4. The number of rotatable bonds is 5. The molecule has 0 rings (SSSR count). The minimum Gasteiger partial charge on any atom is -0.460 e. The van der Waals surface area contributed by atoms with Crippen molar-refractivity contribution in [3.8, 4) is 0 Å². The molecule has 0 radical (unpaired) electrons. The predicted molar refractivity (Wildman–Crippen MR) is 49.1 cm³/mol. The highest BCUT2D eigenvalue weighted by Gasteiger charge is 2.10. The molecule has 0 aromatic heterocycles. The lowest BCUT2D eigenvalue weighted by Crippen LogP contribution is -2.32. The minimum atomic E-state index is -0.434. The summed E-state index contributed by atoms with van der Waals surface area (Å²) in [5.41, 5.74) is 2.38. The molecule has 1 N–H and O–H groups in total. The van der Waals surface area contributed by atoms with E-state index in [0.717, 1.165) is 0 Å². The van der Waals surface area contributed by atoms with Gasteiger partial charge < -0.3 is 9.57 Å². The molecule has 5 nitrogen and oxygen atoms in total. The van der Waals surface area contributed by atoms with E-state index in [0.29, 0.717) is 5.33 Å². The first kappa shape index (κ1) is 12.4. The molecule has 0 saturated carbocycles. The number of esters is 1. The average Bonchev–Trinajstić information content (AvgIpc) is 2.01. The van der Waals surface area contributed by atoms with Crippen LogP contribution in [0.3, 0.4) is 0 Å². The normalized spacial score (nSPS) is 11.9. The molecule has 1 atom stereocenters. The molecule has 0 bridgehead atoms. The van der Waals surface area contributed by atoms with Crippen LogP contribution in [0.2, 0.25) is 0 Å². The molecule has 0 fully saturated rings. The van der Waals surface area contributed by atoms with Crippen LogP contribution in [0.4, 0.5) is 0 Å². The summed E-state index contributed by atoms with van der Waals surface area (Å²) in [5.74, 6) is -0.801. The van der Waals surface area contributed by atoms with Crippen LogP contribution in [0, 0.1) is 0 Å². The summed E-state index contributed by atoms with van der Waals surface area (Å²) in [6.07, 6.45) is -0.336. The number of hydrogen-bond acceptors (Lipinski definition) is 5. The number of carbonyl (C=O) groups excluding carboxylic acids is 2. The Morgan fingerprint density at radius 3 is 2.38 bits per heavy atom. The van der Waals surface area contributed by atoms with E-state index >= 15 is 0 Å². The highest BCUT2D eigenvalue weighted by molar-refractivity contribution is 9.09. The fourth-order valence-electron chi connectivity index (χ4n) is 0.599. The molecule has 0 amide bonds. The standard InChI is InChI=1S/C7H12BrNO4/c1-5(10)12-7(3-8)4-9-13-6(2)11/h7,9H,3-4H2,1-2H3/t7-/m1/s1. The van der Waals surface area contributed by atoms with Gasteiger partial charge in [0, 0.05) is 19.2 Å². The fourth-order valence-corrected chi connectivity index (χ4v) is 0.960. The summed E-state index contributed by atoms with van der Waals surface area (Å²) in [6, 6.07) is 0. The van der Waals surface area contributed by atoms with Crippen LogP contribution in [0.25, 0.3) is 0 Å². The second kappa shape index (κ2) is 6.85. The van der Waals surface area contributed by atoms with Crippen LogP contribution in [0.15, 0.2) is 0 Å². The van der Waals surface area contributed by atoms with Crippen LogP contribution in [0.5, 0.6) is 0 Å². The first-order valence-corrected chi connectivity index (χ1v) is 4.82. The molecule has 0 aliphatic carbocycles. The molecule has 0 heterocycles. The summed E-state index contributed by atoms with van der Waals surface area (Å²) < 4.78 is 4.84. The maximum atomic E-state index is 10.5. The molecular weight excluding hydrogens is 242 g/mol. The lowest BCUT2D eigenvalue weighted by Gasteiger charge is -2.13. The van der Waals surface area contributed by atoms with Gasteiger partial charge in [0.15, 0.2) is 0 Å². The maximum Gasteiger partial charge on any atom is 0.321 e. The summed E-state index contributed by atoms with van der Waals surface area (Å²) >= 11 is 3.15. The number of nitrogens with one attached hydrogen (secondary N) is 1. The van der Waals surface area contributed by atoms with Crippen LogP contribution in [-0.4, -0.2) is 29.9 Å². The van der Waals surface area contributed by atoms with Gasteiger partial charge in [-0.15, -0.1) is 5.48 Å². The van der Waals surface area contributed by atoms with Crippen molar-refractivity contribution in [3.63, 3.8) is 0 Å². The molecule has 0 aromatic carbocycles. The molecule has 6 heteroatoms. The van der Waals surface area contributed by atoms with E-state index in [1.54, 1.807) is 0 Å². The zero-order valence-corrected chi connectivity index (χ0v) is 9.09. The van der Waals surface area contributed by atoms with Gasteiger partial charge >= 0.3 is 11.9 Å². The van der Waals surface area contributed by atoms with Gasteiger partial charge in [-0.2, -0.15) is 0 Å². The van der Waals surface area contributed by atoms with Crippen molar-refractivity contribution in [3.05, 3.63) is 0 Å². The predicted octanol–water partition coefficient (Wildman–Crippen LogP) is 0.381. The highest BCUT2D eigenvalue weighted by Crippen LogP contribution is 1.96. The lowest BCUT2D eigenvalue weighted by molar-refractivity contribution is -0.152. The van der Waals surface area contributed by atoms with Crippen molar-refractivity contribution >= 4 is 27.9 Å². The Morgan fingerprint density at radius 2 is 2.00 bits per heavy atom. The molecule has 0 aliphatic rings. The molecular formula is C7H12BrNO4. The molecule has 0 aliphatic heterocycles. The van der Waals surface area contributed by atoms with Crippen LogP contribution in [0.1, 0.15) is 13.8 Å². The van der Waals surface area contributed by atoms with E-state index < -0.39 is 5.97 Å². The fraction of sp³-hybridized carbons (Fsp3) is 0.714. The molecule has 0 aromatic rings.